The van der Waals surface area contributed by atoms with Crippen LogP contribution in [0.3, 0.4) is 0 Å². The SMILES string of the molecule is Cc1ncccc1OCc1ccc(CNC2CC2)o1. The van der Waals surface area contributed by atoms with Crippen LogP contribution in [0.15, 0.2) is 34.9 Å². The zero-order valence-electron chi connectivity index (χ0n) is 11.1. The summed E-state index contributed by atoms with van der Waals surface area (Å²) in [5.74, 6) is 2.61. The second kappa shape index (κ2) is 5.45. The van der Waals surface area contributed by atoms with Gasteiger partial charge in [0.25, 0.3) is 0 Å². The highest BCUT2D eigenvalue weighted by Gasteiger charge is 2.20. The normalized spacial score (nSPS) is 14.6. The minimum atomic E-state index is 0.440. The van der Waals surface area contributed by atoms with Crippen molar-refractivity contribution in [2.45, 2.75) is 39.0 Å². The molecule has 0 bridgehead atoms. The van der Waals surface area contributed by atoms with Crippen LogP contribution in [0.1, 0.15) is 30.1 Å². The predicted molar refractivity (Wildman–Crippen MR) is 71.9 cm³/mol. The summed E-state index contributed by atoms with van der Waals surface area (Å²) in [7, 11) is 0. The zero-order valence-corrected chi connectivity index (χ0v) is 11.1. The van der Waals surface area contributed by atoms with Gasteiger partial charge in [-0.3, -0.25) is 4.98 Å². The zero-order chi connectivity index (χ0) is 13.1. The monoisotopic (exact) mass is 258 g/mol. The van der Waals surface area contributed by atoms with Crippen LogP contribution in [0.2, 0.25) is 0 Å². The summed E-state index contributed by atoms with van der Waals surface area (Å²) < 4.78 is 11.4. The molecular formula is C15H18N2O2. The molecule has 100 valence electrons. The summed E-state index contributed by atoms with van der Waals surface area (Å²) >= 11 is 0. The van der Waals surface area contributed by atoms with Crippen LogP contribution in [-0.4, -0.2) is 11.0 Å². The fourth-order valence-corrected chi connectivity index (χ4v) is 1.90. The van der Waals surface area contributed by atoms with Crippen molar-refractivity contribution in [3.05, 3.63) is 47.7 Å². The van der Waals surface area contributed by atoms with Crippen LogP contribution in [0.4, 0.5) is 0 Å². The molecule has 1 N–H and O–H groups in total. The number of nitrogens with one attached hydrogen (secondary N) is 1. The predicted octanol–water partition coefficient (Wildman–Crippen LogP) is 2.81. The first kappa shape index (κ1) is 12.2. The van der Waals surface area contributed by atoms with E-state index < -0.39 is 0 Å². The Morgan fingerprint density at radius 3 is 2.95 bits per heavy atom. The Morgan fingerprint density at radius 2 is 2.16 bits per heavy atom. The average Bonchev–Trinajstić information content (AvgIpc) is 3.14. The van der Waals surface area contributed by atoms with Crippen molar-refractivity contribution in [1.29, 1.82) is 0 Å². The standard InChI is InChI=1S/C15H18N2O2/c1-11-15(3-2-8-16-11)18-10-14-7-6-13(19-14)9-17-12-4-5-12/h2-3,6-8,12,17H,4-5,9-10H2,1H3. The average molecular weight is 258 g/mol. The molecule has 4 nitrogen and oxygen atoms in total. The molecular weight excluding hydrogens is 240 g/mol. The van der Waals surface area contributed by atoms with Gasteiger partial charge in [-0.05, 0) is 44.0 Å². The van der Waals surface area contributed by atoms with Gasteiger partial charge in [-0.15, -0.1) is 0 Å². The molecule has 1 aliphatic carbocycles. The van der Waals surface area contributed by atoms with E-state index in [1.165, 1.54) is 12.8 Å². The quantitative estimate of drug-likeness (QED) is 0.865. The van der Waals surface area contributed by atoms with E-state index in [9.17, 15) is 0 Å². The first-order valence-electron chi connectivity index (χ1n) is 6.66. The van der Waals surface area contributed by atoms with Gasteiger partial charge in [0.05, 0.1) is 12.2 Å². The molecule has 0 amide bonds. The Kier molecular flexibility index (Phi) is 3.51. The number of nitrogens with zero attached hydrogens (tertiary/aromatic N) is 1. The lowest BCUT2D eigenvalue weighted by atomic mass is 10.3. The van der Waals surface area contributed by atoms with Crippen LogP contribution in [0, 0.1) is 6.92 Å². The van der Waals surface area contributed by atoms with Crippen molar-refractivity contribution in [2.24, 2.45) is 0 Å². The van der Waals surface area contributed by atoms with Gasteiger partial charge >= 0.3 is 0 Å². The minimum Gasteiger partial charge on any atom is -0.484 e. The van der Waals surface area contributed by atoms with Crippen molar-refractivity contribution >= 4 is 0 Å². The molecule has 2 aromatic rings. The van der Waals surface area contributed by atoms with Crippen LogP contribution in [0.5, 0.6) is 5.75 Å². The number of aryl methyl sites for hydroxylation is 1. The Balaban J connectivity index is 1.53. The van der Waals surface area contributed by atoms with Crippen molar-refractivity contribution in [3.63, 3.8) is 0 Å². The van der Waals surface area contributed by atoms with E-state index in [0.29, 0.717) is 12.6 Å². The maximum Gasteiger partial charge on any atom is 0.146 e. The molecule has 0 aromatic carbocycles. The third-order valence-corrected chi connectivity index (χ3v) is 3.19. The third kappa shape index (κ3) is 3.35. The molecule has 19 heavy (non-hydrogen) atoms. The van der Waals surface area contributed by atoms with Crippen molar-refractivity contribution in [3.8, 4) is 5.75 Å². The highest BCUT2D eigenvalue weighted by atomic mass is 16.5. The Hall–Kier alpha value is -1.81. The van der Waals surface area contributed by atoms with E-state index in [1.54, 1.807) is 6.20 Å². The highest BCUT2D eigenvalue weighted by Crippen LogP contribution is 2.20. The fraction of sp³-hybridized carbons (Fsp3) is 0.400. The molecule has 0 aliphatic heterocycles. The molecule has 3 rings (SSSR count). The first-order valence-corrected chi connectivity index (χ1v) is 6.66. The van der Waals surface area contributed by atoms with Crippen LogP contribution in [-0.2, 0) is 13.2 Å². The molecule has 0 spiro atoms. The van der Waals surface area contributed by atoms with Gasteiger partial charge in [-0.1, -0.05) is 0 Å². The van der Waals surface area contributed by atoms with E-state index in [0.717, 1.165) is 29.5 Å². The number of furan rings is 1. The van der Waals surface area contributed by atoms with E-state index in [2.05, 4.69) is 10.3 Å². The van der Waals surface area contributed by atoms with E-state index >= 15 is 0 Å². The number of hydrogen-bond donors (Lipinski definition) is 1. The summed E-state index contributed by atoms with van der Waals surface area (Å²) in [5, 5.41) is 3.42. The highest BCUT2D eigenvalue weighted by molar-refractivity contribution is 5.25. The third-order valence-electron chi connectivity index (χ3n) is 3.19. The summed E-state index contributed by atoms with van der Waals surface area (Å²) in [6.07, 6.45) is 4.34. The number of aromatic nitrogens is 1. The fourth-order valence-electron chi connectivity index (χ4n) is 1.90. The molecule has 1 fully saturated rings. The first-order chi connectivity index (χ1) is 9.31. The van der Waals surface area contributed by atoms with Crippen molar-refractivity contribution in [2.75, 3.05) is 0 Å². The summed E-state index contributed by atoms with van der Waals surface area (Å²) in [6, 6.07) is 8.46. The summed E-state index contributed by atoms with van der Waals surface area (Å²) in [6.45, 7) is 3.18. The maximum atomic E-state index is 5.72. The van der Waals surface area contributed by atoms with Gasteiger partial charge in [0.2, 0.25) is 0 Å². The lowest BCUT2D eigenvalue weighted by Gasteiger charge is -2.06. The molecule has 0 saturated heterocycles. The van der Waals surface area contributed by atoms with Crippen LogP contribution in [0.25, 0.3) is 0 Å². The molecule has 2 heterocycles. The van der Waals surface area contributed by atoms with Crippen LogP contribution < -0.4 is 10.1 Å². The lowest BCUT2D eigenvalue weighted by molar-refractivity contribution is 0.262. The molecule has 4 heteroatoms. The summed E-state index contributed by atoms with van der Waals surface area (Å²) in [5.41, 5.74) is 0.893. The van der Waals surface area contributed by atoms with Crippen LogP contribution >= 0.6 is 0 Å². The Bertz CT molecular complexity index is 547. The second-order valence-electron chi connectivity index (χ2n) is 4.90. The number of ether oxygens (including phenoxy) is 1. The summed E-state index contributed by atoms with van der Waals surface area (Å²) in [4.78, 5) is 4.19. The molecule has 0 unspecified atom stereocenters. The van der Waals surface area contributed by atoms with Crippen molar-refractivity contribution < 1.29 is 9.15 Å². The molecule has 2 aromatic heterocycles. The number of pyridine rings is 1. The Morgan fingerprint density at radius 1 is 1.32 bits per heavy atom. The van der Waals surface area contributed by atoms with Gasteiger partial charge in [0.15, 0.2) is 0 Å². The van der Waals surface area contributed by atoms with Gasteiger partial charge in [-0.2, -0.15) is 0 Å². The molecule has 1 saturated carbocycles. The largest absolute Gasteiger partial charge is 0.484 e. The molecule has 1 aliphatic rings. The maximum absolute atomic E-state index is 5.72. The van der Waals surface area contributed by atoms with Gasteiger partial charge in [0.1, 0.15) is 23.9 Å². The van der Waals surface area contributed by atoms with Gasteiger partial charge in [0, 0.05) is 12.2 Å². The Labute approximate surface area is 112 Å². The van der Waals surface area contributed by atoms with Gasteiger partial charge < -0.3 is 14.5 Å². The minimum absolute atomic E-state index is 0.440. The lowest BCUT2D eigenvalue weighted by Crippen LogP contribution is -2.14. The molecule has 0 radical (unpaired) electrons. The van der Waals surface area contributed by atoms with E-state index in [-0.39, 0.29) is 0 Å². The number of rotatable bonds is 6. The van der Waals surface area contributed by atoms with Crippen molar-refractivity contribution in [1.82, 2.24) is 10.3 Å². The second-order valence-corrected chi connectivity index (χ2v) is 4.90. The van der Waals surface area contributed by atoms with E-state index in [4.69, 9.17) is 9.15 Å². The number of hydrogen-bond acceptors (Lipinski definition) is 4. The van der Waals surface area contributed by atoms with Gasteiger partial charge in [-0.25, -0.2) is 0 Å². The smallest absolute Gasteiger partial charge is 0.146 e. The van der Waals surface area contributed by atoms with E-state index in [1.807, 2.05) is 31.2 Å². The topological polar surface area (TPSA) is 47.3 Å². The molecule has 0 atom stereocenters.